The van der Waals surface area contributed by atoms with Crippen molar-refractivity contribution in [2.45, 2.75) is 0 Å². The number of fused-ring (bicyclic) bond motifs is 7. The number of benzene rings is 10. The molecular formula is C54H35NO. The molecule has 0 saturated carbocycles. The van der Waals surface area contributed by atoms with Crippen LogP contribution in [0.25, 0.3) is 109 Å². The van der Waals surface area contributed by atoms with Crippen molar-refractivity contribution in [3.63, 3.8) is 0 Å². The summed E-state index contributed by atoms with van der Waals surface area (Å²) in [5.41, 5.74) is 10.2. The molecule has 0 saturated heterocycles. The zero-order chi connectivity index (χ0) is 37.3. The van der Waals surface area contributed by atoms with E-state index >= 15 is 0 Å². The van der Waals surface area contributed by atoms with Gasteiger partial charge < -0.3 is 4.57 Å². The van der Waals surface area contributed by atoms with Gasteiger partial charge in [0.2, 0.25) is 0 Å². The van der Waals surface area contributed by atoms with Crippen molar-refractivity contribution in [2.75, 3.05) is 0 Å². The van der Waals surface area contributed by atoms with Crippen LogP contribution < -0.4 is 5.56 Å². The summed E-state index contributed by atoms with van der Waals surface area (Å²) in [6.45, 7) is 0. The van der Waals surface area contributed by atoms with E-state index in [4.69, 9.17) is 0 Å². The minimum absolute atomic E-state index is 0.00448. The van der Waals surface area contributed by atoms with Crippen molar-refractivity contribution in [1.82, 2.24) is 4.57 Å². The molecule has 0 N–H and O–H groups in total. The molecule has 1 aromatic heterocycles. The minimum Gasteiger partial charge on any atom is -0.311 e. The van der Waals surface area contributed by atoms with E-state index in [2.05, 4.69) is 194 Å². The molecule has 11 aromatic rings. The van der Waals surface area contributed by atoms with Crippen LogP contribution in [0.1, 0.15) is 0 Å². The van der Waals surface area contributed by atoms with E-state index in [0.717, 1.165) is 33.0 Å². The lowest BCUT2D eigenvalue weighted by Crippen LogP contribution is -2.17. The number of hydrogen-bond donors (Lipinski definition) is 0. The average molecular weight is 714 g/mol. The maximum absolute atomic E-state index is 14.5. The molecule has 56 heavy (non-hydrogen) atoms. The molecule has 0 radical (unpaired) electrons. The standard InChI is InChI=1S/C54H35NO/c1-55-49-33-37(53-46-26-14-10-22-42(46)51(35-18-6-3-7-19-35)43-23-11-15-27-47(43)53)29-31-39(49)38-30-28-36(32-48(38)54(55)56)52-44-24-12-8-20-40(44)50(34-16-4-2-5-17-34)41-21-9-13-25-45(41)52/h2-33H,1H3. The van der Waals surface area contributed by atoms with E-state index < -0.39 is 0 Å². The highest BCUT2D eigenvalue weighted by Crippen LogP contribution is 2.46. The Morgan fingerprint density at radius 2 is 0.607 bits per heavy atom. The number of nitrogens with zero attached hydrogens (tertiary/aromatic N) is 1. The van der Waals surface area contributed by atoms with E-state index in [1.54, 1.807) is 0 Å². The Morgan fingerprint density at radius 1 is 0.286 bits per heavy atom. The topological polar surface area (TPSA) is 22.0 Å². The highest BCUT2D eigenvalue weighted by molar-refractivity contribution is 6.23. The van der Waals surface area contributed by atoms with Crippen LogP contribution >= 0.6 is 0 Å². The van der Waals surface area contributed by atoms with Crippen molar-refractivity contribution in [1.29, 1.82) is 0 Å². The van der Waals surface area contributed by atoms with Gasteiger partial charge in [-0.3, -0.25) is 4.79 Å². The molecular weight excluding hydrogens is 679 g/mol. The first kappa shape index (κ1) is 32.2. The SMILES string of the molecule is Cn1c(=O)c2cc(-c3c4ccccc4c(-c4ccccc4)c4ccccc34)ccc2c2ccc(-c3c4ccccc4c(-c4ccccc4)c4ccccc34)cc21. The Balaban J connectivity index is 1.14. The molecule has 0 unspecified atom stereocenters. The van der Waals surface area contributed by atoms with E-state index in [0.29, 0.717) is 5.39 Å². The molecule has 0 amide bonds. The molecule has 262 valence electrons. The Kier molecular flexibility index (Phi) is 7.27. The zero-order valence-electron chi connectivity index (χ0n) is 30.8. The van der Waals surface area contributed by atoms with E-state index in [1.165, 1.54) is 70.9 Å². The van der Waals surface area contributed by atoms with Gasteiger partial charge in [-0.2, -0.15) is 0 Å². The monoisotopic (exact) mass is 713 g/mol. The predicted octanol–water partition coefficient (Wildman–Crippen LogP) is 14.0. The van der Waals surface area contributed by atoms with Crippen LogP contribution in [0.2, 0.25) is 0 Å². The number of pyridine rings is 1. The lowest BCUT2D eigenvalue weighted by molar-refractivity contribution is 0.918. The Labute approximate surface area is 324 Å². The fraction of sp³-hybridized carbons (Fsp3) is 0.0185. The van der Waals surface area contributed by atoms with Crippen molar-refractivity contribution in [3.05, 3.63) is 204 Å². The van der Waals surface area contributed by atoms with Crippen LogP contribution in [-0.2, 0) is 7.05 Å². The molecule has 11 rings (SSSR count). The molecule has 2 heteroatoms. The number of hydrogen-bond acceptors (Lipinski definition) is 1. The normalized spacial score (nSPS) is 11.7. The summed E-state index contributed by atoms with van der Waals surface area (Å²) < 4.78 is 1.84. The van der Waals surface area contributed by atoms with Crippen LogP contribution in [0.5, 0.6) is 0 Å². The molecule has 0 spiro atoms. The fourth-order valence-corrected chi connectivity index (χ4v) is 9.30. The zero-order valence-corrected chi connectivity index (χ0v) is 30.8. The molecule has 0 aliphatic rings. The molecule has 10 aromatic carbocycles. The fourth-order valence-electron chi connectivity index (χ4n) is 9.30. The largest absolute Gasteiger partial charge is 0.311 e. The molecule has 1 heterocycles. The van der Waals surface area contributed by atoms with Gasteiger partial charge in [0.15, 0.2) is 0 Å². The van der Waals surface area contributed by atoms with E-state index in [1.807, 2.05) is 11.6 Å². The Bertz CT molecular complexity index is 3320. The third kappa shape index (κ3) is 4.79. The molecule has 2 nitrogen and oxygen atoms in total. The van der Waals surface area contributed by atoms with Gasteiger partial charge in [0.25, 0.3) is 5.56 Å². The Hall–Kier alpha value is -7.29. The lowest BCUT2D eigenvalue weighted by Gasteiger charge is -2.19. The van der Waals surface area contributed by atoms with E-state index in [-0.39, 0.29) is 5.56 Å². The van der Waals surface area contributed by atoms with Gasteiger partial charge in [-0.15, -0.1) is 0 Å². The van der Waals surface area contributed by atoms with Crippen LogP contribution in [-0.4, -0.2) is 4.57 Å². The highest BCUT2D eigenvalue weighted by Gasteiger charge is 2.20. The summed E-state index contributed by atoms with van der Waals surface area (Å²) in [4.78, 5) is 14.5. The molecule has 0 atom stereocenters. The number of rotatable bonds is 4. The Morgan fingerprint density at radius 3 is 1.00 bits per heavy atom. The van der Waals surface area contributed by atoms with Gasteiger partial charge in [0.1, 0.15) is 0 Å². The van der Waals surface area contributed by atoms with Crippen molar-refractivity contribution < 1.29 is 0 Å². The lowest BCUT2D eigenvalue weighted by atomic mass is 9.85. The van der Waals surface area contributed by atoms with Gasteiger partial charge in [-0.05, 0) is 105 Å². The second-order valence-electron chi connectivity index (χ2n) is 14.8. The molecule has 0 fully saturated rings. The molecule has 0 aliphatic heterocycles. The van der Waals surface area contributed by atoms with Gasteiger partial charge >= 0.3 is 0 Å². The first-order valence-electron chi connectivity index (χ1n) is 19.2. The minimum atomic E-state index is -0.00448. The van der Waals surface area contributed by atoms with Gasteiger partial charge in [0.05, 0.1) is 5.52 Å². The van der Waals surface area contributed by atoms with Crippen LogP contribution in [0.4, 0.5) is 0 Å². The third-order valence-corrected chi connectivity index (χ3v) is 11.8. The first-order valence-corrected chi connectivity index (χ1v) is 19.2. The van der Waals surface area contributed by atoms with E-state index in [9.17, 15) is 4.79 Å². The van der Waals surface area contributed by atoms with Crippen molar-refractivity contribution in [3.8, 4) is 44.5 Å². The molecule has 0 bridgehead atoms. The molecule has 0 aliphatic carbocycles. The second kappa shape index (κ2) is 12.7. The van der Waals surface area contributed by atoms with Gasteiger partial charge in [-0.25, -0.2) is 0 Å². The van der Waals surface area contributed by atoms with Crippen LogP contribution in [0.15, 0.2) is 199 Å². The second-order valence-corrected chi connectivity index (χ2v) is 14.8. The average Bonchev–Trinajstić information content (AvgIpc) is 3.26. The van der Waals surface area contributed by atoms with Crippen molar-refractivity contribution >= 4 is 64.8 Å². The smallest absolute Gasteiger partial charge is 0.258 e. The maximum Gasteiger partial charge on any atom is 0.258 e. The van der Waals surface area contributed by atoms with Gasteiger partial charge in [0, 0.05) is 17.8 Å². The number of aryl methyl sites for hydroxylation is 1. The number of aromatic nitrogens is 1. The van der Waals surface area contributed by atoms with Crippen LogP contribution in [0, 0.1) is 0 Å². The van der Waals surface area contributed by atoms with Gasteiger partial charge in [-0.1, -0.05) is 182 Å². The summed E-state index contributed by atoms with van der Waals surface area (Å²) >= 11 is 0. The predicted molar refractivity (Wildman–Crippen MR) is 238 cm³/mol. The third-order valence-electron chi connectivity index (χ3n) is 11.8. The summed E-state index contributed by atoms with van der Waals surface area (Å²) in [6.07, 6.45) is 0. The summed E-state index contributed by atoms with van der Waals surface area (Å²) in [6, 6.07) is 69.2. The maximum atomic E-state index is 14.5. The van der Waals surface area contributed by atoms with Crippen LogP contribution in [0.3, 0.4) is 0 Å². The summed E-state index contributed by atoms with van der Waals surface area (Å²) in [5, 5.41) is 12.3. The highest BCUT2D eigenvalue weighted by atomic mass is 16.1. The summed E-state index contributed by atoms with van der Waals surface area (Å²) in [7, 11) is 1.91. The summed E-state index contributed by atoms with van der Waals surface area (Å²) in [5.74, 6) is 0. The van der Waals surface area contributed by atoms with Crippen molar-refractivity contribution in [2.24, 2.45) is 7.05 Å². The first-order chi connectivity index (χ1) is 27.7. The quantitative estimate of drug-likeness (QED) is 0.131.